The fourth-order valence-electron chi connectivity index (χ4n) is 3.59. The Hall–Kier alpha value is -3.86. The van der Waals surface area contributed by atoms with E-state index in [9.17, 15) is 31.2 Å². The highest BCUT2D eigenvalue weighted by Gasteiger charge is 2.37. The Morgan fingerprint density at radius 2 is 1.35 bits per heavy atom. The van der Waals surface area contributed by atoms with Crippen molar-refractivity contribution < 1.29 is 31.2 Å². The Morgan fingerprint density at radius 1 is 0.784 bits per heavy atom. The molecule has 0 atom stereocenters. The van der Waals surface area contributed by atoms with Gasteiger partial charge in [0.1, 0.15) is 0 Å². The predicted molar refractivity (Wildman–Crippen MR) is 135 cm³/mol. The van der Waals surface area contributed by atoms with Gasteiger partial charge in [-0.15, -0.1) is 0 Å². The van der Waals surface area contributed by atoms with Crippen LogP contribution in [0.4, 0.5) is 30.2 Å². The second kappa shape index (κ2) is 9.22. The van der Waals surface area contributed by atoms with Gasteiger partial charge in [0, 0.05) is 17.9 Å². The van der Waals surface area contributed by atoms with Gasteiger partial charge in [-0.3, -0.25) is 14.3 Å². The van der Waals surface area contributed by atoms with Crippen LogP contribution in [0.3, 0.4) is 0 Å². The van der Waals surface area contributed by atoms with Gasteiger partial charge in [-0.25, -0.2) is 13.3 Å². The minimum absolute atomic E-state index is 0.0517. The highest BCUT2D eigenvalue weighted by Crippen LogP contribution is 2.34. The van der Waals surface area contributed by atoms with Crippen molar-refractivity contribution in [3.8, 4) is 0 Å². The fourth-order valence-corrected chi connectivity index (χ4v) is 4.34. The number of alkyl halides is 3. The van der Waals surface area contributed by atoms with Gasteiger partial charge in [-0.05, 0) is 80.9 Å². The van der Waals surface area contributed by atoms with Gasteiger partial charge in [-0.1, -0.05) is 12.1 Å². The molecule has 1 aliphatic rings. The molecule has 0 saturated heterocycles. The molecule has 0 bridgehead atoms. The maximum Gasteiger partial charge on any atom is 0.416 e. The molecular weight excluding hydrogens is 507 g/mol. The SMILES string of the molecule is CC(C)(C)S(=O)(=O)Nc1ccc(CNc2ccc3c(c2)C(=O)N(c2ccc(C(F)(F)F)cc2)C3=O)cc1. The zero-order chi connectivity index (χ0) is 27.2. The Bertz CT molecular complexity index is 1460. The summed E-state index contributed by atoms with van der Waals surface area (Å²) in [6, 6.07) is 15.3. The number of anilines is 3. The van der Waals surface area contributed by atoms with Crippen molar-refractivity contribution in [3.63, 3.8) is 0 Å². The molecule has 0 aliphatic carbocycles. The zero-order valence-corrected chi connectivity index (χ0v) is 21.0. The van der Waals surface area contributed by atoms with Crippen molar-refractivity contribution in [1.82, 2.24) is 0 Å². The summed E-state index contributed by atoms with van der Waals surface area (Å²) in [6.45, 7) is 5.16. The number of nitrogens with zero attached hydrogens (tertiary/aromatic N) is 1. The van der Waals surface area contributed by atoms with Crippen molar-refractivity contribution in [3.05, 3.63) is 89.0 Å². The number of amides is 2. The molecule has 1 aliphatic heterocycles. The first kappa shape index (κ1) is 26.2. The van der Waals surface area contributed by atoms with Gasteiger partial charge in [0.2, 0.25) is 10.0 Å². The van der Waals surface area contributed by atoms with Crippen LogP contribution in [0.15, 0.2) is 66.7 Å². The molecule has 0 saturated carbocycles. The maximum atomic E-state index is 12.9. The van der Waals surface area contributed by atoms with Crippen LogP contribution in [0.1, 0.15) is 52.6 Å². The van der Waals surface area contributed by atoms with E-state index in [4.69, 9.17) is 0 Å². The predicted octanol–water partition coefficient (Wildman–Crippen LogP) is 5.66. The average molecular weight is 532 g/mol. The van der Waals surface area contributed by atoms with Crippen LogP contribution < -0.4 is 14.9 Å². The number of benzene rings is 3. The molecule has 0 unspecified atom stereocenters. The third kappa shape index (κ3) is 5.31. The standard InChI is InChI=1S/C26H24F3N3O4S/c1-25(2,3)37(35,36)31-18-8-4-16(5-9-18)15-30-19-10-13-21-22(14-19)24(34)32(23(21)33)20-11-6-17(7-12-20)26(27,28)29/h4-14,30-31H,15H2,1-3H3. The number of carbonyl (C=O) groups excluding carboxylic acids is 2. The number of nitrogens with one attached hydrogen (secondary N) is 2. The number of imide groups is 1. The smallest absolute Gasteiger partial charge is 0.381 e. The molecule has 4 rings (SSSR count). The number of rotatable bonds is 6. The molecular formula is C26H24F3N3O4S. The molecule has 7 nitrogen and oxygen atoms in total. The van der Waals surface area contributed by atoms with Gasteiger partial charge in [0.15, 0.2) is 0 Å². The fraction of sp³-hybridized carbons (Fsp3) is 0.231. The van der Waals surface area contributed by atoms with E-state index in [0.29, 0.717) is 17.9 Å². The van der Waals surface area contributed by atoms with Crippen molar-refractivity contribution in [2.75, 3.05) is 14.9 Å². The first-order valence-electron chi connectivity index (χ1n) is 11.2. The average Bonchev–Trinajstić information content (AvgIpc) is 3.06. The van der Waals surface area contributed by atoms with Crippen LogP contribution in [0.25, 0.3) is 0 Å². The summed E-state index contributed by atoms with van der Waals surface area (Å²) in [5.74, 6) is -1.24. The van der Waals surface area contributed by atoms with Gasteiger partial charge in [-0.2, -0.15) is 13.2 Å². The molecule has 37 heavy (non-hydrogen) atoms. The van der Waals surface area contributed by atoms with Gasteiger partial charge >= 0.3 is 6.18 Å². The van der Waals surface area contributed by atoms with E-state index in [0.717, 1.165) is 34.7 Å². The lowest BCUT2D eigenvalue weighted by atomic mass is 10.1. The number of hydrogen-bond acceptors (Lipinski definition) is 5. The number of hydrogen-bond donors (Lipinski definition) is 2. The summed E-state index contributed by atoms with van der Waals surface area (Å²) in [7, 11) is -3.55. The second-order valence-corrected chi connectivity index (χ2v) is 12.0. The third-order valence-electron chi connectivity index (χ3n) is 5.85. The van der Waals surface area contributed by atoms with E-state index in [1.54, 1.807) is 51.1 Å². The van der Waals surface area contributed by atoms with Crippen molar-refractivity contribution in [1.29, 1.82) is 0 Å². The topological polar surface area (TPSA) is 95.6 Å². The van der Waals surface area contributed by atoms with E-state index < -0.39 is 38.3 Å². The zero-order valence-electron chi connectivity index (χ0n) is 20.2. The number of halogens is 3. The minimum atomic E-state index is -4.53. The summed E-state index contributed by atoms with van der Waals surface area (Å²) < 4.78 is 64.8. The monoisotopic (exact) mass is 531 g/mol. The number of carbonyl (C=O) groups is 2. The van der Waals surface area contributed by atoms with E-state index in [1.807, 2.05) is 0 Å². The molecule has 2 amide bonds. The van der Waals surface area contributed by atoms with Gasteiger partial charge < -0.3 is 5.32 Å². The quantitative estimate of drug-likeness (QED) is 0.401. The summed E-state index contributed by atoms with van der Waals surface area (Å²) in [5.41, 5.74) is 1.31. The third-order valence-corrected chi connectivity index (χ3v) is 7.97. The normalized spacial score (nSPS) is 14.1. The summed E-state index contributed by atoms with van der Waals surface area (Å²) in [6.07, 6.45) is -4.53. The second-order valence-electron chi connectivity index (χ2n) is 9.52. The lowest BCUT2D eigenvalue weighted by molar-refractivity contribution is -0.137. The van der Waals surface area contributed by atoms with Crippen LogP contribution in [0.2, 0.25) is 0 Å². The molecule has 0 spiro atoms. The molecule has 1 heterocycles. The van der Waals surface area contributed by atoms with Crippen LogP contribution in [-0.4, -0.2) is 25.0 Å². The first-order chi connectivity index (χ1) is 17.2. The van der Waals surface area contributed by atoms with Crippen molar-refractivity contribution in [2.45, 2.75) is 38.2 Å². The largest absolute Gasteiger partial charge is 0.416 e. The number of sulfonamides is 1. The van der Waals surface area contributed by atoms with Crippen molar-refractivity contribution in [2.24, 2.45) is 0 Å². The van der Waals surface area contributed by atoms with Gasteiger partial charge in [0.25, 0.3) is 11.8 Å². The Morgan fingerprint density at radius 3 is 1.92 bits per heavy atom. The molecule has 0 fully saturated rings. The highest BCUT2D eigenvalue weighted by atomic mass is 32.2. The molecule has 0 aromatic heterocycles. The van der Waals surface area contributed by atoms with E-state index in [1.165, 1.54) is 12.1 Å². The van der Waals surface area contributed by atoms with Crippen LogP contribution in [0, 0.1) is 0 Å². The lowest BCUT2D eigenvalue weighted by Gasteiger charge is -2.20. The Kier molecular flexibility index (Phi) is 6.53. The van der Waals surface area contributed by atoms with Gasteiger partial charge in [0.05, 0.1) is 27.1 Å². The summed E-state index contributed by atoms with van der Waals surface area (Å²) >= 11 is 0. The maximum absolute atomic E-state index is 12.9. The minimum Gasteiger partial charge on any atom is -0.381 e. The van der Waals surface area contributed by atoms with Crippen molar-refractivity contribution >= 4 is 38.9 Å². The van der Waals surface area contributed by atoms with E-state index >= 15 is 0 Å². The first-order valence-corrected chi connectivity index (χ1v) is 12.7. The van der Waals surface area contributed by atoms with Crippen LogP contribution >= 0.6 is 0 Å². The lowest BCUT2D eigenvalue weighted by Crippen LogP contribution is -2.33. The molecule has 194 valence electrons. The Balaban J connectivity index is 1.45. The molecule has 0 radical (unpaired) electrons. The molecule has 11 heteroatoms. The highest BCUT2D eigenvalue weighted by molar-refractivity contribution is 7.94. The van der Waals surface area contributed by atoms with E-state index in [2.05, 4.69) is 10.0 Å². The molecule has 2 N–H and O–H groups in total. The summed E-state index contributed by atoms with van der Waals surface area (Å²) in [5, 5.41) is 3.15. The Labute approximate surface area is 212 Å². The van der Waals surface area contributed by atoms with Crippen LogP contribution in [-0.2, 0) is 22.7 Å². The van der Waals surface area contributed by atoms with E-state index in [-0.39, 0.29) is 16.8 Å². The molecule has 3 aromatic carbocycles. The number of fused-ring (bicyclic) bond motifs is 1. The molecule has 3 aromatic rings. The summed E-state index contributed by atoms with van der Waals surface area (Å²) in [4.78, 5) is 26.6. The van der Waals surface area contributed by atoms with Crippen LogP contribution in [0.5, 0.6) is 0 Å².